The number of halogens is 2. The molecule has 0 nitrogen and oxygen atoms in total. The van der Waals surface area contributed by atoms with E-state index in [1.165, 1.54) is 0 Å². The van der Waals surface area contributed by atoms with E-state index in [0.29, 0.717) is 0 Å². The van der Waals surface area contributed by atoms with Crippen LogP contribution in [0.5, 0.6) is 0 Å². The van der Waals surface area contributed by atoms with E-state index in [-0.39, 0.29) is 2.54 Å². The maximum absolute atomic E-state index is 5.09. The van der Waals surface area contributed by atoms with Crippen LogP contribution in [0.1, 0.15) is 0 Å². The molecule has 0 N–H and O–H groups in total. The second-order valence-electron chi connectivity index (χ2n) is 0.278. The van der Waals surface area contributed by atoms with Crippen molar-refractivity contribution in [3.63, 3.8) is 0 Å². The topological polar surface area (TPSA) is 0 Å². The summed E-state index contributed by atoms with van der Waals surface area (Å²) in [5.41, 5.74) is 0. The fraction of sp³-hybridized carbons (Fsp3) is 1.00. The van der Waals surface area contributed by atoms with E-state index in [9.17, 15) is 0 Å². The minimum absolute atomic E-state index is 0.111. The van der Waals surface area contributed by atoms with E-state index in [1.54, 1.807) is 0 Å². The summed E-state index contributed by atoms with van der Waals surface area (Å²) in [6.45, 7) is 0. The zero-order valence-corrected chi connectivity index (χ0v) is 6.77. The molecule has 0 saturated heterocycles. The number of hydrogen-bond acceptors (Lipinski definition) is 0. The van der Waals surface area contributed by atoms with Crippen LogP contribution in [0.15, 0.2) is 0 Å². The minimum atomic E-state index is -0.111. The van der Waals surface area contributed by atoms with E-state index in [4.69, 9.17) is 23.2 Å². The Kier molecular flexibility index (Phi) is 3.67. The molecule has 0 unspecified atom stereocenters. The second-order valence-corrected chi connectivity index (χ2v) is 5.88. The molecule has 0 amide bonds. The van der Waals surface area contributed by atoms with Crippen LogP contribution in [0.4, 0.5) is 0 Å². The molecular formula is CHBiCl2. The fourth-order valence-corrected chi connectivity index (χ4v) is 0. The molecule has 0 aromatic carbocycles. The van der Waals surface area contributed by atoms with Crippen molar-refractivity contribution in [1.29, 1.82) is 0 Å². The third-order valence-electron chi connectivity index (χ3n) is 0. The van der Waals surface area contributed by atoms with Crippen LogP contribution >= 0.6 is 23.2 Å². The van der Waals surface area contributed by atoms with Gasteiger partial charge in [-0.2, -0.15) is 0 Å². The molecule has 2 radical (unpaired) electrons. The van der Waals surface area contributed by atoms with Gasteiger partial charge in [-0.3, -0.25) is 0 Å². The summed E-state index contributed by atoms with van der Waals surface area (Å²) in [7, 11) is 0. The quantitative estimate of drug-likeness (QED) is 0.460. The van der Waals surface area contributed by atoms with Gasteiger partial charge in [0.15, 0.2) is 0 Å². The van der Waals surface area contributed by atoms with Crippen LogP contribution in [0.25, 0.3) is 0 Å². The van der Waals surface area contributed by atoms with Gasteiger partial charge < -0.3 is 0 Å². The Balaban J connectivity index is 2.32. The zero-order valence-electron chi connectivity index (χ0n) is 1.78. The van der Waals surface area contributed by atoms with Crippen molar-refractivity contribution in [2.45, 2.75) is 2.54 Å². The Morgan fingerprint density at radius 2 is 1.50 bits per heavy atom. The van der Waals surface area contributed by atoms with Crippen LogP contribution in [0.2, 0.25) is 0 Å². The number of rotatable bonds is 0. The predicted molar refractivity (Wildman–Crippen MR) is 21.2 cm³/mol. The van der Waals surface area contributed by atoms with Crippen molar-refractivity contribution in [2.75, 3.05) is 0 Å². The van der Waals surface area contributed by atoms with Crippen LogP contribution in [0, 0.1) is 0 Å². The molecule has 0 rings (SSSR count). The number of hydrogen-bond donors (Lipinski definition) is 0. The van der Waals surface area contributed by atoms with Gasteiger partial charge in [0.25, 0.3) is 0 Å². The average molecular weight is 293 g/mol. The summed E-state index contributed by atoms with van der Waals surface area (Å²) in [5, 5.41) is 0. The molecule has 0 atom stereocenters. The van der Waals surface area contributed by atoms with Gasteiger partial charge in [0.2, 0.25) is 0 Å². The summed E-state index contributed by atoms with van der Waals surface area (Å²) >= 11 is 11.2. The summed E-state index contributed by atoms with van der Waals surface area (Å²) in [5.74, 6) is 0. The molecule has 0 aliphatic carbocycles. The van der Waals surface area contributed by atoms with Crippen LogP contribution < -0.4 is 0 Å². The molecule has 0 bridgehead atoms. The van der Waals surface area contributed by atoms with Gasteiger partial charge >= 0.3 is 50.5 Å². The Hall–Kier alpha value is 1.46. The predicted octanol–water partition coefficient (Wildman–Crippen LogP) is 0.916. The molecule has 0 spiro atoms. The monoisotopic (exact) mass is 292 g/mol. The van der Waals surface area contributed by atoms with Crippen molar-refractivity contribution < 1.29 is 0 Å². The molecule has 3 heteroatoms. The normalized spacial score (nSPS) is 9.00. The van der Waals surface area contributed by atoms with Crippen LogP contribution in [-0.4, -0.2) is 27.3 Å². The first-order valence-electron chi connectivity index (χ1n) is 0.695. The van der Waals surface area contributed by atoms with E-state index < -0.39 is 0 Å². The van der Waals surface area contributed by atoms with Crippen molar-refractivity contribution in [1.82, 2.24) is 0 Å². The van der Waals surface area contributed by atoms with E-state index in [0.717, 1.165) is 24.7 Å². The first-order valence-corrected chi connectivity index (χ1v) is 3.57. The van der Waals surface area contributed by atoms with E-state index >= 15 is 0 Å². The van der Waals surface area contributed by atoms with E-state index in [1.807, 2.05) is 0 Å². The van der Waals surface area contributed by atoms with Gasteiger partial charge in [0.05, 0.1) is 0 Å². The molecule has 0 aromatic rings. The van der Waals surface area contributed by atoms with Crippen molar-refractivity contribution >= 4 is 47.9 Å². The maximum atomic E-state index is 5.09. The second kappa shape index (κ2) is 2.69. The van der Waals surface area contributed by atoms with Gasteiger partial charge in [-0.05, 0) is 0 Å². The average Bonchev–Trinajstić information content (AvgIpc) is 0.811. The third kappa shape index (κ3) is 9.81. The van der Waals surface area contributed by atoms with Crippen molar-refractivity contribution in [2.24, 2.45) is 0 Å². The molecule has 0 saturated carbocycles. The van der Waals surface area contributed by atoms with Crippen molar-refractivity contribution in [3.8, 4) is 0 Å². The molecule has 24 valence electrons. The molecule has 0 aromatic heterocycles. The first kappa shape index (κ1) is 5.46. The van der Waals surface area contributed by atoms with Crippen LogP contribution in [-0.2, 0) is 0 Å². The van der Waals surface area contributed by atoms with Gasteiger partial charge in [-0.1, -0.05) is 0 Å². The summed E-state index contributed by atoms with van der Waals surface area (Å²) in [6, 6.07) is 0. The number of alkyl halides is 2. The Bertz CT molecular complexity index is 10.8. The molecular weight excluding hydrogens is 292 g/mol. The van der Waals surface area contributed by atoms with Crippen LogP contribution in [0.3, 0.4) is 0 Å². The Morgan fingerprint density at radius 3 is 1.50 bits per heavy atom. The SMILES string of the molecule is Cl[CH](Cl)[Bi]. The standard InChI is InChI=1S/CHCl2.Bi/c2-1-3;/h1H;. The summed E-state index contributed by atoms with van der Waals surface area (Å²) in [6.07, 6.45) is 0. The fourth-order valence-electron chi connectivity index (χ4n) is 0. The first-order chi connectivity index (χ1) is 1.73. The van der Waals surface area contributed by atoms with Gasteiger partial charge in [0.1, 0.15) is 0 Å². The van der Waals surface area contributed by atoms with Gasteiger partial charge in [-0.15, -0.1) is 0 Å². The Labute approximate surface area is 50.3 Å². The third-order valence-corrected chi connectivity index (χ3v) is 0. The molecule has 0 aliphatic heterocycles. The molecule has 0 fully saturated rings. The Morgan fingerprint density at radius 1 is 1.50 bits per heavy atom. The molecule has 0 aliphatic rings. The van der Waals surface area contributed by atoms with Crippen molar-refractivity contribution in [3.05, 3.63) is 0 Å². The van der Waals surface area contributed by atoms with Gasteiger partial charge in [0, 0.05) is 0 Å². The zero-order chi connectivity index (χ0) is 3.58. The van der Waals surface area contributed by atoms with E-state index in [2.05, 4.69) is 0 Å². The summed E-state index contributed by atoms with van der Waals surface area (Å²) < 4.78 is -0.111. The molecule has 0 heterocycles. The summed E-state index contributed by atoms with van der Waals surface area (Å²) in [4.78, 5) is 0. The van der Waals surface area contributed by atoms with Gasteiger partial charge in [-0.25, -0.2) is 0 Å². The molecule has 4 heavy (non-hydrogen) atoms.